The van der Waals surface area contributed by atoms with E-state index in [1.54, 1.807) is 6.92 Å². The Labute approximate surface area is 213 Å². The number of ketones is 2. The second-order valence-electron chi connectivity index (χ2n) is 9.78. The molecular weight excluding hydrogens is 472 g/mol. The zero-order valence-corrected chi connectivity index (χ0v) is 23.0. The molecule has 10 nitrogen and oxygen atoms in total. The van der Waals surface area contributed by atoms with Crippen molar-refractivity contribution in [3.05, 3.63) is 0 Å². The van der Waals surface area contributed by atoms with Crippen LogP contribution in [0.4, 0.5) is 5.82 Å². The van der Waals surface area contributed by atoms with Gasteiger partial charge in [0.15, 0.2) is 11.6 Å². The second kappa shape index (κ2) is 14.2. The van der Waals surface area contributed by atoms with Crippen LogP contribution >= 0.6 is 11.7 Å². The monoisotopic (exact) mass is 514 g/mol. The molecule has 1 fully saturated rings. The van der Waals surface area contributed by atoms with Crippen LogP contribution in [0.3, 0.4) is 0 Å². The van der Waals surface area contributed by atoms with Gasteiger partial charge >= 0.3 is 0 Å². The number of carbonyl (C=O) groups excluding carboxylic acids is 2. The van der Waals surface area contributed by atoms with E-state index in [-0.39, 0.29) is 23.7 Å². The lowest BCUT2D eigenvalue weighted by molar-refractivity contribution is -0.153. The third kappa shape index (κ3) is 9.72. The normalized spacial score (nSPS) is 18.1. The molecule has 4 atom stereocenters. The Bertz CT molecular complexity index is 793. The lowest BCUT2D eigenvalue weighted by Crippen LogP contribution is -2.47. The third-order valence-corrected chi connectivity index (χ3v) is 6.16. The van der Waals surface area contributed by atoms with E-state index in [1.807, 2.05) is 13.8 Å². The number of morpholine rings is 1. The molecule has 1 aliphatic heterocycles. The first-order valence-electron chi connectivity index (χ1n) is 12.4. The second-order valence-corrected chi connectivity index (χ2v) is 10.3. The minimum Gasteiger partial charge on any atom is -0.472 e. The Hall–Kier alpha value is -1.66. The molecule has 0 bridgehead atoms. The molecule has 0 aromatic carbocycles. The van der Waals surface area contributed by atoms with Crippen LogP contribution in [0, 0.1) is 0 Å². The van der Waals surface area contributed by atoms with Crippen molar-refractivity contribution in [1.29, 1.82) is 0 Å². The topological polar surface area (TPSA) is 112 Å². The Morgan fingerprint density at radius 1 is 1.11 bits per heavy atom. The molecule has 1 N–H and O–H groups in total. The van der Waals surface area contributed by atoms with Crippen molar-refractivity contribution in [3.8, 4) is 5.88 Å². The Morgan fingerprint density at radius 3 is 2.34 bits per heavy atom. The van der Waals surface area contributed by atoms with Crippen molar-refractivity contribution in [1.82, 2.24) is 14.1 Å². The van der Waals surface area contributed by atoms with Gasteiger partial charge in [0.1, 0.15) is 31.0 Å². The van der Waals surface area contributed by atoms with E-state index in [1.165, 1.54) is 6.92 Å². The molecule has 200 valence electrons. The number of hydrogen-bond acceptors (Lipinski definition) is 11. The molecule has 2 heterocycles. The number of anilines is 1. The SMILES string of the molecule is CCC(O[C@@H](C)C(=O)C(CC)O[C@@H](CNC(C)(C)C)COc1nsnc1N1CCOCC1)C(C)=O. The summed E-state index contributed by atoms with van der Waals surface area (Å²) in [6.45, 7) is 16.5. The highest BCUT2D eigenvalue weighted by atomic mass is 32.1. The average molecular weight is 515 g/mol. The maximum atomic E-state index is 13.1. The minimum atomic E-state index is -0.749. The summed E-state index contributed by atoms with van der Waals surface area (Å²) in [4.78, 5) is 27.0. The fraction of sp³-hybridized carbons (Fsp3) is 0.833. The molecule has 1 aromatic heterocycles. The summed E-state index contributed by atoms with van der Waals surface area (Å²) in [5, 5.41) is 3.43. The largest absolute Gasteiger partial charge is 0.472 e. The number of aromatic nitrogens is 2. The molecular formula is C24H42N4O6S. The summed E-state index contributed by atoms with van der Waals surface area (Å²) >= 11 is 1.10. The van der Waals surface area contributed by atoms with Crippen LogP contribution in [0.1, 0.15) is 61.3 Å². The summed E-state index contributed by atoms with van der Waals surface area (Å²) in [7, 11) is 0. The van der Waals surface area contributed by atoms with Gasteiger partial charge in [-0.15, -0.1) is 4.37 Å². The van der Waals surface area contributed by atoms with E-state index in [0.29, 0.717) is 44.3 Å². The van der Waals surface area contributed by atoms with Crippen LogP contribution < -0.4 is 15.0 Å². The van der Waals surface area contributed by atoms with Crippen molar-refractivity contribution in [2.75, 3.05) is 44.4 Å². The summed E-state index contributed by atoms with van der Waals surface area (Å²) < 4.78 is 32.2. The molecule has 2 unspecified atom stereocenters. The number of Topliss-reactive ketones (excluding diaryl/α,β-unsaturated/α-hetero) is 2. The third-order valence-electron chi connectivity index (χ3n) is 5.66. The van der Waals surface area contributed by atoms with Gasteiger partial charge in [-0.1, -0.05) is 13.8 Å². The van der Waals surface area contributed by atoms with Crippen LogP contribution in [-0.2, 0) is 23.8 Å². The maximum absolute atomic E-state index is 13.1. The maximum Gasteiger partial charge on any atom is 0.270 e. The standard InChI is InChI=1S/C24H42N4O6S/c1-8-19(16(3)29)33-17(4)21(30)20(9-2)34-18(14-25-24(5,6)7)15-32-23-22(26-35-27-23)28-10-12-31-13-11-28/h17-20,25H,8-15H2,1-7H3/t17-,18-,19?,20?/m0/s1. The van der Waals surface area contributed by atoms with E-state index >= 15 is 0 Å². The summed E-state index contributed by atoms with van der Waals surface area (Å²) in [6.07, 6.45) is -1.44. The Kier molecular flexibility index (Phi) is 12.0. The van der Waals surface area contributed by atoms with Crippen molar-refractivity contribution < 1.29 is 28.5 Å². The molecule has 0 aliphatic carbocycles. The van der Waals surface area contributed by atoms with Crippen LogP contribution in [0.15, 0.2) is 0 Å². The fourth-order valence-electron chi connectivity index (χ4n) is 3.62. The van der Waals surface area contributed by atoms with Gasteiger partial charge in [-0.25, -0.2) is 0 Å². The summed E-state index contributed by atoms with van der Waals surface area (Å²) in [6, 6.07) is 0. The van der Waals surface area contributed by atoms with Crippen LogP contribution in [-0.4, -0.2) is 89.7 Å². The molecule has 0 amide bonds. The summed E-state index contributed by atoms with van der Waals surface area (Å²) in [5.41, 5.74) is -0.138. The van der Waals surface area contributed by atoms with Gasteiger partial charge in [0.05, 0.1) is 24.9 Å². The molecule has 0 saturated carbocycles. The fourth-order valence-corrected chi connectivity index (χ4v) is 4.15. The molecule has 1 aromatic rings. The highest BCUT2D eigenvalue weighted by Gasteiger charge is 2.30. The van der Waals surface area contributed by atoms with E-state index in [4.69, 9.17) is 18.9 Å². The first kappa shape index (κ1) is 29.6. The van der Waals surface area contributed by atoms with Crippen molar-refractivity contribution in [2.45, 2.75) is 91.3 Å². The van der Waals surface area contributed by atoms with Gasteiger partial charge in [0.25, 0.3) is 5.88 Å². The van der Waals surface area contributed by atoms with Gasteiger partial charge < -0.3 is 29.2 Å². The number of rotatable bonds is 15. The van der Waals surface area contributed by atoms with Crippen molar-refractivity contribution in [2.24, 2.45) is 0 Å². The minimum absolute atomic E-state index is 0.0882. The Morgan fingerprint density at radius 2 is 1.77 bits per heavy atom. The number of nitrogens with zero attached hydrogens (tertiary/aromatic N) is 3. The van der Waals surface area contributed by atoms with E-state index < -0.39 is 24.4 Å². The zero-order chi connectivity index (χ0) is 26.0. The number of ether oxygens (including phenoxy) is 4. The molecule has 2 rings (SSSR count). The molecule has 35 heavy (non-hydrogen) atoms. The first-order valence-corrected chi connectivity index (χ1v) is 13.2. The lowest BCUT2D eigenvalue weighted by Gasteiger charge is -2.30. The quantitative estimate of drug-likeness (QED) is 0.375. The average Bonchev–Trinajstić information content (AvgIpc) is 3.30. The smallest absolute Gasteiger partial charge is 0.270 e. The Balaban J connectivity index is 2.06. The van der Waals surface area contributed by atoms with E-state index in [2.05, 4.69) is 39.7 Å². The van der Waals surface area contributed by atoms with Gasteiger partial charge in [0.2, 0.25) is 5.82 Å². The van der Waals surface area contributed by atoms with E-state index in [9.17, 15) is 9.59 Å². The number of carbonyl (C=O) groups is 2. The lowest BCUT2D eigenvalue weighted by atomic mass is 10.1. The molecule has 11 heteroatoms. The van der Waals surface area contributed by atoms with Gasteiger partial charge in [-0.2, -0.15) is 4.37 Å². The van der Waals surface area contributed by atoms with Crippen molar-refractivity contribution in [3.63, 3.8) is 0 Å². The number of nitrogens with one attached hydrogen (secondary N) is 1. The van der Waals surface area contributed by atoms with Gasteiger partial charge in [-0.3, -0.25) is 9.59 Å². The van der Waals surface area contributed by atoms with Gasteiger partial charge in [0, 0.05) is 25.2 Å². The highest BCUT2D eigenvalue weighted by Crippen LogP contribution is 2.26. The summed E-state index contributed by atoms with van der Waals surface area (Å²) in [5.74, 6) is 0.900. The van der Waals surface area contributed by atoms with Crippen LogP contribution in [0.5, 0.6) is 5.88 Å². The van der Waals surface area contributed by atoms with E-state index in [0.717, 1.165) is 24.8 Å². The highest BCUT2D eigenvalue weighted by molar-refractivity contribution is 6.99. The predicted molar refractivity (Wildman–Crippen MR) is 135 cm³/mol. The first-order chi connectivity index (χ1) is 16.6. The van der Waals surface area contributed by atoms with Crippen molar-refractivity contribution >= 4 is 29.1 Å². The van der Waals surface area contributed by atoms with Crippen LogP contribution in [0.25, 0.3) is 0 Å². The van der Waals surface area contributed by atoms with Crippen LogP contribution in [0.2, 0.25) is 0 Å². The molecule has 0 spiro atoms. The van der Waals surface area contributed by atoms with Gasteiger partial charge in [-0.05, 0) is 47.5 Å². The molecule has 0 radical (unpaired) electrons. The molecule has 1 aliphatic rings. The zero-order valence-electron chi connectivity index (χ0n) is 22.2. The number of hydrogen-bond donors (Lipinski definition) is 1. The molecule has 1 saturated heterocycles. The predicted octanol–water partition coefficient (Wildman–Crippen LogP) is 2.65.